The smallest absolute Gasteiger partial charge is 0.414 e. The number of carbonyl (C=O) groups is 3. The van der Waals surface area contributed by atoms with Crippen LogP contribution in [0.5, 0.6) is 5.75 Å². The van der Waals surface area contributed by atoms with Crippen LogP contribution in [0.25, 0.3) is 0 Å². The zero-order valence-electron chi connectivity index (χ0n) is 19.2. The van der Waals surface area contributed by atoms with E-state index >= 15 is 0 Å². The quantitative estimate of drug-likeness (QED) is 0.421. The second-order valence-electron chi connectivity index (χ2n) is 8.65. The standard InChI is InChI=1S/C24H30N2O2.C2H2O4/c27-24-10-8-21-7-9-22(18-23(21)25-24)28-16-4-13-26-14-11-20(12-15-26)17-19-5-2-1-3-6-19;3-1(4)2(5)6/h1-3,5-7,9,18,20H,4,8,10-17H2,(H,25,27);(H,3,4)(H,5,6). The SMILES string of the molecule is O=C(O)C(=O)O.O=C1CCc2ccc(OCCCN3CCC(Cc4ccccc4)CC3)cc2N1. The van der Waals surface area contributed by atoms with Gasteiger partial charge in [-0.05, 0) is 68.3 Å². The summed E-state index contributed by atoms with van der Waals surface area (Å²) in [6.07, 6.45) is 6.23. The normalized spacial score (nSPS) is 15.9. The first-order valence-electron chi connectivity index (χ1n) is 11.7. The number of aryl methyl sites for hydroxylation is 1. The van der Waals surface area contributed by atoms with Crippen molar-refractivity contribution in [3.8, 4) is 5.75 Å². The van der Waals surface area contributed by atoms with Crippen LogP contribution in [0.1, 0.15) is 36.8 Å². The number of aliphatic carboxylic acids is 2. The second-order valence-corrected chi connectivity index (χ2v) is 8.65. The number of rotatable bonds is 7. The molecule has 1 saturated heterocycles. The summed E-state index contributed by atoms with van der Waals surface area (Å²) in [7, 11) is 0. The number of piperidine rings is 1. The van der Waals surface area contributed by atoms with E-state index in [-0.39, 0.29) is 5.91 Å². The number of carbonyl (C=O) groups excluding carboxylic acids is 1. The third-order valence-corrected chi connectivity index (χ3v) is 6.12. The number of nitrogens with one attached hydrogen (secondary N) is 1. The number of nitrogens with zero attached hydrogens (tertiary/aromatic N) is 1. The van der Waals surface area contributed by atoms with E-state index in [9.17, 15) is 4.79 Å². The third-order valence-electron chi connectivity index (χ3n) is 6.12. The van der Waals surface area contributed by atoms with Gasteiger partial charge in [0.25, 0.3) is 0 Å². The number of fused-ring (bicyclic) bond motifs is 1. The van der Waals surface area contributed by atoms with Crippen LogP contribution in [0.15, 0.2) is 48.5 Å². The average molecular weight is 469 g/mol. The minimum atomic E-state index is -1.82. The van der Waals surface area contributed by atoms with Crippen LogP contribution >= 0.6 is 0 Å². The lowest BCUT2D eigenvalue weighted by Gasteiger charge is -2.32. The molecule has 0 bridgehead atoms. The van der Waals surface area contributed by atoms with Crippen LogP contribution in [0.3, 0.4) is 0 Å². The topological polar surface area (TPSA) is 116 Å². The first-order chi connectivity index (χ1) is 16.4. The number of benzene rings is 2. The molecule has 2 aromatic carbocycles. The Bertz CT molecular complexity index is 959. The molecule has 0 aliphatic carbocycles. The molecule has 3 N–H and O–H groups in total. The molecule has 0 atom stereocenters. The zero-order chi connectivity index (χ0) is 24.3. The van der Waals surface area contributed by atoms with E-state index < -0.39 is 11.9 Å². The summed E-state index contributed by atoms with van der Waals surface area (Å²) in [6, 6.07) is 16.9. The number of amides is 1. The summed E-state index contributed by atoms with van der Waals surface area (Å²) in [5.74, 6) is -1.88. The summed E-state index contributed by atoms with van der Waals surface area (Å²) < 4.78 is 5.92. The molecule has 2 aliphatic heterocycles. The molecule has 2 heterocycles. The first-order valence-corrected chi connectivity index (χ1v) is 11.7. The van der Waals surface area contributed by atoms with Crippen molar-refractivity contribution < 1.29 is 29.3 Å². The van der Waals surface area contributed by atoms with E-state index in [1.807, 2.05) is 12.1 Å². The molecule has 0 unspecified atom stereocenters. The summed E-state index contributed by atoms with van der Waals surface area (Å²) >= 11 is 0. The Labute approximate surface area is 199 Å². The Morgan fingerprint density at radius 2 is 1.71 bits per heavy atom. The van der Waals surface area contributed by atoms with Gasteiger partial charge in [0, 0.05) is 24.7 Å². The van der Waals surface area contributed by atoms with Crippen molar-refractivity contribution in [1.82, 2.24) is 4.90 Å². The fraction of sp³-hybridized carbons (Fsp3) is 0.423. The lowest BCUT2D eigenvalue weighted by Crippen LogP contribution is -2.35. The fourth-order valence-electron chi connectivity index (χ4n) is 4.28. The molecule has 8 heteroatoms. The van der Waals surface area contributed by atoms with Gasteiger partial charge in [0.2, 0.25) is 5.91 Å². The molecular weight excluding hydrogens is 436 g/mol. The van der Waals surface area contributed by atoms with Crippen LogP contribution in [-0.4, -0.2) is 59.2 Å². The van der Waals surface area contributed by atoms with Gasteiger partial charge < -0.3 is 25.2 Å². The van der Waals surface area contributed by atoms with Gasteiger partial charge in [0.15, 0.2) is 0 Å². The van der Waals surface area contributed by atoms with E-state index in [0.29, 0.717) is 6.42 Å². The van der Waals surface area contributed by atoms with Crippen LogP contribution in [0, 0.1) is 5.92 Å². The Kier molecular flexibility index (Phi) is 9.46. The molecule has 0 aromatic heterocycles. The van der Waals surface area contributed by atoms with Crippen molar-refractivity contribution in [1.29, 1.82) is 0 Å². The molecule has 2 aliphatic rings. The van der Waals surface area contributed by atoms with Crippen LogP contribution in [0.4, 0.5) is 5.69 Å². The second kappa shape index (κ2) is 12.7. The first kappa shape index (κ1) is 25.2. The van der Waals surface area contributed by atoms with Gasteiger partial charge in [-0.3, -0.25) is 4.79 Å². The predicted octanol–water partition coefficient (Wildman–Crippen LogP) is 3.45. The molecule has 8 nitrogen and oxygen atoms in total. The van der Waals surface area contributed by atoms with Crippen molar-refractivity contribution in [2.45, 2.75) is 38.5 Å². The van der Waals surface area contributed by atoms with Crippen molar-refractivity contribution in [3.05, 3.63) is 59.7 Å². The molecule has 0 saturated carbocycles. The summed E-state index contributed by atoms with van der Waals surface area (Å²) in [5.41, 5.74) is 3.58. The molecule has 4 rings (SSSR count). The van der Waals surface area contributed by atoms with Gasteiger partial charge in [-0.25, -0.2) is 9.59 Å². The number of carboxylic acid groups (broad SMARTS) is 2. The van der Waals surface area contributed by atoms with Gasteiger partial charge in [-0.15, -0.1) is 0 Å². The van der Waals surface area contributed by atoms with E-state index in [4.69, 9.17) is 24.5 Å². The number of anilines is 1. The van der Waals surface area contributed by atoms with Crippen molar-refractivity contribution in [2.24, 2.45) is 5.92 Å². The maximum absolute atomic E-state index is 11.5. The predicted molar refractivity (Wildman–Crippen MR) is 128 cm³/mol. The lowest BCUT2D eigenvalue weighted by atomic mass is 9.90. The van der Waals surface area contributed by atoms with E-state index in [2.05, 4.69) is 46.6 Å². The maximum Gasteiger partial charge on any atom is 0.414 e. The molecule has 2 aromatic rings. The molecule has 1 amide bonds. The van der Waals surface area contributed by atoms with Crippen LogP contribution in [-0.2, 0) is 27.2 Å². The lowest BCUT2D eigenvalue weighted by molar-refractivity contribution is -0.159. The van der Waals surface area contributed by atoms with Gasteiger partial charge in [0.05, 0.1) is 6.61 Å². The summed E-state index contributed by atoms with van der Waals surface area (Å²) in [4.78, 5) is 32.3. The molecule has 0 spiro atoms. The van der Waals surface area contributed by atoms with Gasteiger partial charge in [-0.2, -0.15) is 0 Å². The highest BCUT2D eigenvalue weighted by molar-refractivity contribution is 6.27. The number of hydrogen-bond acceptors (Lipinski definition) is 5. The number of ether oxygens (including phenoxy) is 1. The van der Waals surface area contributed by atoms with Crippen molar-refractivity contribution in [2.75, 3.05) is 31.6 Å². The number of likely N-dealkylation sites (tertiary alicyclic amines) is 1. The Morgan fingerprint density at radius 3 is 2.38 bits per heavy atom. The molecule has 34 heavy (non-hydrogen) atoms. The molecule has 1 fully saturated rings. The number of carboxylic acids is 2. The Balaban J connectivity index is 0.000000481. The highest BCUT2D eigenvalue weighted by Gasteiger charge is 2.19. The summed E-state index contributed by atoms with van der Waals surface area (Å²) in [5, 5.41) is 17.7. The number of hydrogen-bond donors (Lipinski definition) is 3. The van der Waals surface area contributed by atoms with Gasteiger partial charge >= 0.3 is 11.9 Å². The fourth-order valence-corrected chi connectivity index (χ4v) is 4.28. The highest BCUT2D eigenvalue weighted by Crippen LogP contribution is 2.27. The van der Waals surface area contributed by atoms with E-state index in [1.54, 1.807) is 0 Å². The van der Waals surface area contributed by atoms with E-state index in [0.717, 1.165) is 43.3 Å². The zero-order valence-corrected chi connectivity index (χ0v) is 19.2. The van der Waals surface area contributed by atoms with Crippen LogP contribution < -0.4 is 10.1 Å². The Morgan fingerprint density at radius 1 is 1.00 bits per heavy atom. The highest BCUT2D eigenvalue weighted by atomic mass is 16.5. The molecular formula is C26H32N2O6. The Hall–Kier alpha value is -3.39. The molecule has 0 radical (unpaired) electrons. The maximum atomic E-state index is 11.5. The molecule has 182 valence electrons. The largest absolute Gasteiger partial charge is 0.493 e. The van der Waals surface area contributed by atoms with Crippen LogP contribution in [0.2, 0.25) is 0 Å². The minimum absolute atomic E-state index is 0.0975. The minimum Gasteiger partial charge on any atom is -0.493 e. The monoisotopic (exact) mass is 468 g/mol. The average Bonchev–Trinajstić information content (AvgIpc) is 2.83. The van der Waals surface area contributed by atoms with E-state index in [1.165, 1.54) is 43.5 Å². The van der Waals surface area contributed by atoms with Gasteiger partial charge in [-0.1, -0.05) is 36.4 Å². The van der Waals surface area contributed by atoms with Crippen molar-refractivity contribution >= 4 is 23.5 Å². The third kappa shape index (κ3) is 8.19. The van der Waals surface area contributed by atoms with Gasteiger partial charge in [0.1, 0.15) is 5.75 Å². The van der Waals surface area contributed by atoms with Crippen molar-refractivity contribution in [3.63, 3.8) is 0 Å². The summed E-state index contributed by atoms with van der Waals surface area (Å²) in [6.45, 7) is 4.21.